The molecule has 84 valence electrons. The van der Waals surface area contributed by atoms with E-state index in [0.29, 0.717) is 12.0 Å². The molecule has 0 bridgehead atoms. The van der Waals surface area contributed by atoms with Crippen molar-refractivity contribution in [3.8, 4) is 0 Å². The van der Waals surface area contributed by atoms with Gasteiger partial charge in [0.15, 0.2) is 0 Å². The number of rotatable bonds is 4. The molecule has 3 nitrogen and oxygen atoms in total. The number of hydrogen-bond donors (Lipinski definition) is 1. The van der Waals surface area contributed by atoms with Crippen LogP contribution in [-0.2, 0) is 0 Å². The highest BCUT2D eigenvalue weighted by atomic mass is 15.2. The molecule has 1 rings (SSSR count). The first-order valence-corrected chi connectivity index (χ1v) is 5.80. The van der Waals surface area contributed by atoms with Gasteiger partial charge in [0.25, 0.3) is 0 Å². The lowest BCUT2D eigenvalue weighted by Crippen LogP contribution is -2.49. The molecule has 2 N–H and O–H groups in total. The summed E-state index contributed by atoms with van der Waals surface area (Å²) in [4.78, 5) is 4.88. The van der Waals surface area contributed by atoms with Crippen LogP contribution in [-0.4, -0.2) is 55.6 Å². The predicted molar refractivity (Wildman–Crippen MR) is 61.4 cm³/mol. The molecule has 0 aromatic carbocycles. The van der Waals surface area contributed by atoms with Gasteiger partial charge in [-0.25, -0.2) is 0 Å². The molecule has 1 heterocycles. The van der Waals surface area contributed by atoms with E-state index in [9.17, 15) is 0 Å². The molecular formula is C11H25N3. The van der Waals surface area contributed by atoms with E-state index < -0.39 is 0 Å². The van der Waals surface area contributed by atoms with Crippen LogP contribution in [0.2, 0.25) is 0 Å². The van der Waals surface area contributed by atoms with Crippen molar-refractivity contribution in [3.05, 3.63) is 0 Å². The van der Waals surface area contributed by atoms with Crippen LogP contribution in [0.3, 0.4) is 0 Å². The molecule has 1 saturated heterocycles. The summed E-state index contributed by atoms with van der Waals surface area (Å²) in [5.41, 5.74) is 6.14. The summed E-state index contributed by atoms with van der Waals surface area (Å²) in [6.07, 6.45) is 1.19. The lowest BCUT2D eigenvalue weighted by atomic mass is 9.99. The van der Waals surface area contributed by atoms with Gasteiger partial charge >= 0.3 is 0 Å². The Bertz CT molecular complexity index is 153. The Morgan fingerprint density at radius 1 is 1.21 bits per heavy atom. The fourth-order valence-electron chi connectivity index (χ4n) is 1.81. The SMILES string of the molecule is CCC(C)[C@H](N)CN1CCN(C)CC1. The topological polar surface area (TPSA) is 32.5 Å². The summed E-state index contributed by atoms with van der Waals surface area (Å²) in [5, 5.41) is 0. The van der Waals surface area contributed by atoms with Crippen LogP contribution in [0.15, 0.2) is 0 Å². The van der Waals surface area contributed by atoms with Gasteiger partial charge in [-0.1, -0.05) is 20.3 Å². The zero-order valence-electron chi connectivity index (χ0n) is 9.87. The average Bonchev–Trinajstić information content (AvgIpc) is 2.20. The molecule has 0 aromatic rings. The highest BCUT2D eigenvalue weighted by Crippen LogP contribution is 2.08. The van der Waals surface area contributed by atoms with Crippen molar-refractivity contribution in [2.24, 2.45) is 11.7 Å². The quantitative estimate of drug-likeness (QED) is 0.720. The first-order valence-electron chi connectivity index (χ1n) is 5.80. The zero-order chi connectivity index (χ0) is 10.6. The van der Waals surface area contributed by atoms with Gasteiger partial charge in [-0.05, 0) is 13.0 Å². The second kappa shape index (κ2) is 5.69. The summed E-state index contributed by atoms with van der Waals surface area (Å²) in [6, 6.07) is 0.350. The Hall–Kier alpha value is -0.120. The second-order valence-electron chi connectivity index (χ2n) is 4.65. The Morgan fingerprint density at radius 3 is 2.29 bits per heavy atom. The van der Waals surface area contributed by atoms with Crippen LogP contribution < -0.4 is 5.73 Å². The van der Waals surface area contributed by atoms with E-state index in [1.54, 1.807) is 0 Å². The van der Waals surface area contributed by atoms with Crippen molar-refractivity contribution in [2.45, 2.75) is 26.3 Å². The standard InChI is InChI=1S/C11H25N3/c1-4-10(2)11(12)9-14-7-5-13(3)6-8-14/h10-11H,4-9,12H2,1-3H3/t10?,11-/m1/s1. The molecule has 1 aliphatic rings. The van der Waals surface area contributed by atoms with Gasteiger partial charge in [0.05, 0.1) is 0 Å². The fraction of sp³-hybridized carbons (Fsp3) is 1.00. The van der Waals surface area contributed by atoms with E-state index in [0.717, 1.165) is 6.54 Å². The lowest BCUT2D eigenvalue weighted by molar-refractivity contribution is 0.139. The van der Waals surface area contributed by atoms with E-state index in [-0.39, 0.29) is 0 Å². The normalized spacial score (nSPS) is 24.9. The van der Waals surface area contributed by atoms with E-state index in [4.69, 9.17) is 5.73 Å². The number of nitrogens with zero attached hydrogens (tertiary/aromatic N) is 2. The third-order valence-corrected chi connectivity index (χ3v) is 3.44. The molecule has 2 atom stereocenters. The van der Waals surface area contributed by atoms with Crippen LogP contribution >= 0.6 is 0 Å². The molecule has 0 aromatic heterocycles. The maximum Gasteiger partial charge on any atom is 0.0193 e. The highest BCUT2D eigenvalue weighted by molar-refractivity contribution is 4.76. The van der Waals surface area contributed by atoms with Crippen LogP contribution in [0.25, 0.3) is 0 Å². The monoisotopic (exact) mass is 199 g/mol. The van der Waals surface area contributed by atoms with Crippen LogP contribution in [0, 0.1) is 5.92 Å². The van der Waals surface area contributed by atoms with E-state index in [1.807, 2.05) is 0 Å². The van der Waals surface area contributed by atoms with Crippen LogP contribution in [0.5, 0.6) is 0 Å². The molecule has 14 heavy (non-hydrogen) atoms. The summed E-state index contributed by atoms with van der Waals surface area (Å²) in [5.74, 6) is 0.648. The first kappa shape index (κ1) is 12.0. The molecule has 0 radical (unpaired) electrons. The van der Waals surface area contributed by atoms with Crippen molar-refractivity contribution >= 4 is 0 Å². The van der Waals surface area contributed by atoms with Crippen molar-refractivity contribution in [3.63, 3.8) is 0 Å². The van der Waals surface area contributed by atoms with Gasteiger partial charge in [-0.3, -0.25) is 4.90 Å². The maximum atomic E-state index is 6.14. The third-order valence-electron chi connectivity index (χ3n) is 3.44. The Kier molecular flexibility index (Phi) is 4.85. The smallest absolute Gasteiger partial charge is 0.0193 e. The molecule has 0 spiro atoms. The van der Waals surface area contributed by atoms with Gasteiger partial charge in [0.2, 0.25) is 0 Å². The van der Waals surface area contributed by atoms with Crippen molar-refractivity contribution < 1.29 is 0 Å². The summed E-state index contributed by atoms with van der Waals surface area (Å²) in [7, 11) is 2.19. The number of hydrogen-bond acceptors (Lipinski definition) is 3. The molecule has 0 saturated carbocycles. The number of nitrogens with two attached hydrogens (primary N) is 1. The van der Waals surface area contributed by atoms with Gasteiger partial charge in [0, 0.05) is 38.8 Å². The largest absolute Gasteiger partial charge is 0.326 e. The van der Waals surface area contributed by atoms with Gasteiger partial charge in [-0.15, -0.1) is 0 Å². The number of piperazine rings is 1. The molecule has 3 heteroatoms. The Balaban J connectivity index is 2.23. The molecular weight excluding hydrogens is 174 g/mol. The molecule has 1 fully saturated rings. The van der Waals surface area contributed by atoms with Gasteiger partial charge in [-0.2, -0.15) is 0 Å². The summed E-state index contributed by atoms with van der Waals surface area (Å²) < 4.78 is 0. The van der Waals surface area contributed by atoms with E-state index in [1.165, 1.54) is 32.6 Å². The Labute approximate surface area is 88.2 Å². The fourth-order valence-corrected chi connectivity index (χ4v) is 1.81. The lowest BCUT2D eigenvalue weighted by Gasteiger charge is -2.35. The molecule has 0 amide bonds. The van der Waals surface area contributed by atoms with Crippen LogP contribution in [0.4, 0.5) is 0 Å². The zero-order valence-corrected chi connectivity index (χ0v) is 9.87. The minimum atomic E-state index is 0.350. The average molecular weight is 199 g/mol. The Morgan fingerprint density at radius 2 is 1.79 bits per heavy atom. The predicted octanol–water partition coefficient (Wildman–Crippen LogP) is 0.607. The minimum absolute atomic E-state index is 0.350. The molecule has 1 aliphatic heterocycles. The maximum absolute atomic E-state index is 6.14. The van der Waals surface area contributed by atoms with Gasteiger partial charge in [0.1, 0.15) is 0 Å². The van der Waals surface area contributed by atoms with E-state index in [2.05, 4.69) is 30.7 Å². The van der Waals surface area contributed by atoms with Gasteiger partial charge < -0.3 is 10.6 Å². The van der Waals surface area contributed by atoms with Crippen LogP contribution in [0.1, 0.15) is 20.3 Å². The van der Waals surface area contributed by atoms with Crippen molar-refractivity contribution in [1.29, 1.82) is 0 Å². The molecule has 0 aliphatic carbocycles. The highest BCUT2D eigenvalue weighted by Gasteiger charge is 2.18. The number of likely N-dealkylation sites (N-methyl/N-ethyl adjacent to an activating group) is 1. The third kappa shape index (κ3) is 3.56. The summed E-state index contributed by atoms with van der Waals surface area (Å²) in [6.45, 7) is 10.3. The van der Waals surface area contributed by atoms with Crippen molar-refractivity contribution in [2.75, 3.05) is 39.8 Å². The van der Waals surface area contributed by atoms with E-state index >= 15 is 0 Å². The minimum Gasteiger partial charge on any atom is -0.326 e. The molecule has 1 unspecified atom stereocenters. The van der Waals surface area contributed by atoms with Crippen molar-refractivity contribution in [1.82, 2.24) is 9.80 Å². The first-order chi connectivity index (χ1) is 6.63. The second-order valence-corrected chi connectivity index (χ2v) is 4.65. The summed E-state index contributed by atoms with van der Waals surface area (Å²) >= 11 is 0.